The van der Waals surface area contributed by atoms with Crippen LogP contribution in [0.2, 0.25) is 0 Å². The van der Waals surface area contributed by atoms with E-state index < -0.39 is 0 Å². The molecule has 2 N–H and O–H groups in total. The predicted octanol–water partition coefficient (Wildman–Crippen LogP) is 3.89. The number of nitrogens with zero attached hydrogens (tertiary/aromatic N) is 3. The summed E-state index contributed by atoms with van der Waals surface area (Å²) < 4.78 is 2.01. The van der Waals surface area contributed by atoms with E-state index in [1.807, 2.05) is 16.8 Å². The number of aromatic nitrogens is 4. The fraction of sp³-hybridized carbons (Fsp3) is 0.524. The van der Waals surface area contributed by atoms with Crippen LogP contribution in [0.25, 0.3) is 21.8 Å². The molecule has 0 unspecified atom stereocenters. The Labute approximate surface area is 174 Å². The molecule has 0 bridgehead atoms. The maximum Gasteiger partial charge on any atom is 0.272 e. The van der Waals surface area contributed by atoms with Crippen molar-refractivity contribution >= 4 is 44.6 Å². The molecule has 1 aliphatic carbocycles. The Morgan fingerprint density at radius 3 is 2.83 bits per heavy atom. The molecule has 154 valence electrons. The van der Waals surface area contributed by atoms with Crippen molar-refractivity contribution in [2.45, 2.75) is 52.0 Å². The summed E-state index contributed by atoms with van der Waals surface area (Å²) in [6, 6.07) is 3.89. The molecule has 7 nitrogen and oxygen atoms in total. The molecule has 0 atom stereocenters. The molecule has 0 saturated heterocycles. The van der Waals surface area contributed by atoms with E-state index in [0.29, 0.717) is 12.2 Å². The van der Waals surface area contributed by atoms with Crippen LogP contribution >= 0.6 is 11.8 Å². The van der Waals surface area contributed by atoms with E-state index in [9.17, 15) is 9.59 Å². The van der Waals surface area contributed by atoms with Crippen molar-refractivity contribution < 1.29 is 9.59 Å². The monoisotopic (exact) mass is 413 g/mol. The van der Waals surface area contributed by atoms with Gasteiger partial charge in [0, 0.05) is 42.7 Å². The molecule has 0 aliphatic heterocycles. The highest BCUT2D eigenvalue weighted by atomic mass is 32.2. The number of rotatable bonds is 10. The van der Waals surface area contributed by atoms with Gasteiger partial charge in [-0.1, -0.05) is 24.6 Å². The van der Waals surface area contributed by atoms with Crippen LogP contribution in [0, 0.1) is 5.92 Å². The van der Waals surface area contributed by atoms with E-state index in [4.69, 9.17) is 0 Å². The average Bonchev–Trinajstić information content (AvgIpc) is 3.24. The second-order valence-corrected chi connectivity index (χ2v) is 9.07. The summed E-state index contributed by atoms with van der Waals surface area (Å²) in [7, 11) is 0. The van der Waals surface area contributed by atoms with Gasteiger partial charge in [0.25, 0.3) is 5.91 Å². The Hall–Kier alpha value is -2.35. The average molecular weight is 414 g/mol. The second-order valence-electron chi connectivity index (χ2n) is 7.80. The van der Waals surface area contributed by atoms with Crippen molar-refractivity contribution in [2.75, 3.05) is 12.3 Å². The highest BCUT2D eigenvalue weighted by Crippen LogP contribution is 2.31. The Bertz CT molecular complexity index is 1020. The van der Waals surface area contributed by atoms with Gasteiger partial charge in [0.05, 0.1) is 11.0 Å². The molecule has 8 heteroatoms. The Kier molecular flexibility index (Phi) is 6.18. The smallest absolute Gasteiger partial charge is 0.272 e. The van der Waals surface area contributed by atoms with Crippen molar-refractivity contribution in [3.8, 4) is 0 Å². The molecular formula is C21H27N5O2S. The fourth-order valence-electron chi connectivity index (χ4n) is 3.55. The number of amides is 1. The van der Waals surface area contributed by atoms with Gasteiger partial charge >= 0.3 is 0 Å². The fourth-order valence-corrected chi connectivity index (χ4v) is 4.18. The quantitative estimate of drug-likeness (QED) is 0.492. The molecule has 0 spiro atoms. The summed E-state index contributed by atoms with van der Waals surface area (Å²) in [5, 5.41) is 17.0. The van der Waals surface area contributed by atoms with Crippen molar-refractivity contribution in [3.63, 3.8) is 0 Å². The van der Waals surface area contributed by atoms with Crippen LogP contribution in [0.15, 0.2) is 18.3 Å². The van der Waals surface area contributed by atoms with E-state index in [2.05, 4.69) is 26.8 Å². The predicted molar refractivity (Wildman–Crippen MR) is 116 cm³/mol. The lowest BCUT2D eigenvalue weighted by atomic mass is 10.1. The maximum atomic E-state index is 12.6. The minimum absolute atomic E-state index is 0.145. The van der Waals surface area contributed by atoms with Crippen LogP contribution in [-0.4, -0.2) is 43.3 Å². The lowest BCUT2D eigenvalue weighted by Crippen LogP contribution is -2.25. The number of fused-ring (bicyclic) bond motifs is 3. The zero-order chi connectivity index (χ0) is 20.2. The third-order valence-corrected chi connectivity index (χ3v) is 6.19. The molecule has 1 aromatic carbocycles. The van der Waals surface area contributed by atoms with Gasteiger partial charge in [-0.2, -0.15) is 10.2 Å². The first-order chi connectivity index (χ1) is 14.1. The van der Waals surface area contributed by atoms with E-state index in [1.165, 1.54) is 24.6 Å². The van der Waals surface area contributed by atoms with Gasteiger partial charge in [-0.05, 0) is 43.7 Å². The van der Waals surface area contributed by atoms with Crippen molar-refractivity contribution in [1.82, 2.24) is 25.3 Å². The van der Waals surface area contributed by atoms with Crippen LogP contribution in [0.3, 0.4) is 0 Å². The first kappa shape index (κ1) is 19.9. The molecule has 1 saturated carbocycles. The zero-order valence-electron chi connectivity index (χ0n) is 16.7. The summed E-state index contributed by atoms with van der Waals surface area (Å²) in [6.07, 6.45) is 8.71. The molecule has 1 fully saturated rings. The molecule has 2 heterocycles. The number of aromatic amines is 1. The normalized spacial score (nSPS) is 14.0. The molecule has 4 rings (SSSR count). The number of unbranched alkanes of at least 4 members (excludes halogenated alkanes) is 3. The van der Waals surface area contributed by atoms with Gasteiger partial charge in [-0.25, -0.2) is 0 Å². The molecule has 2 aromatic heterocycles. The van der Waals surface area contributed by atoms with Crippen molar-refractivity contribution in [3.05, 3.63) is 24.0 Å². The Balaban J connectivity index is 1.31. The SMILES string of the molecule is CC(=O)SCCCCCCNC(=O)c1n[nH]c2c1ccc1nn(CC3CC3)cc12. The van der Waals surface area contributed by atoms with Gasteiger partial charge in [0.15, 0.2) is 10.8 Å². The van der Waals surface area contributed by atoms with Crippen LogP contribution in [0.4, 0.5) is 0 Å². The van der Waals surface area contributed by atoms with E-state index in [1.54, 1.807) is 6.92 Å². The molecular weight excluding hydrogens is 386 g/mol. The number of benzene rings is 1. The van der Waals surface area contributed by atoms with Crippen LogP contribution in [-0.2, 0) is 11.3 Å². The summed E-state index contributed by atoms with van der Waals surface area (Å²) in [5.74, 6) is 1.50. The topological polar surface area (TPSA) is 92.7 Å². The third kappa shape index (κ3) is 4.98. The Morgan fingerprint density at radius 1 is 1.21 bits per heavy atom. The number of H-pyrrole nitrogens is 1. The van der Waals surface area contributed by atoms with Gasteiger partial charge in [0.2, 0.25) is 0 Å². The van der Waals surface area contributed by atoms with Gasteiger partial charge < -0.3 is 5.32 Å². The highest BCUT2D eigenvalue weighted by Gasteiger charge is 2.23. The van der Waals surface area contributed by atoms with E-state index >= 15 is 0 Å². The van der Waals surface area contributed by atoms with E-state index in [-0.39, 0.29) is 11.0 Å². The number of thioether (sulfide) groups is 1. The summed E-state index contributed by atoms with van der Waals surface area (Å²) in [5.41, 5.74) is 2.24. The van der Waals surface area contributed by atoms with Crippen molar-refractivity contribution in [2.24, 2.45) is 5.92 Å². The number of hydrogen-bond donors (Lipinski definition) is 2. The van der Waals surface area contributed by atoms with Gasteiger partial charge in [0.1, 0.15) is 0 Å². The first-order valence-corrected chi connectivity index (χ1v) is 11.4. The standard InChI is InChI=1S/C21H27N5O2S/c1-14(27)29-11-5-3-2-4-10-22-21(28)20-16-8-9-18-17(19(16)23-24-20)13-26(25-18)12-15-6-7-15/h8-9,13,15H,2-7,10-12H2,1H3,(H,22,28)(H,23,24). The summed E-state index contributed by atoms with van der Waals surface area (Å²) >= 11 is 1.38. The molecule has 3 aromatic rings. The van der Waals surface area contributed by atoms with Crippen LogP contribution in [0.1, 0.15) is 55.9 Å². The van der Waals surface area contributed by atoms with Crippen LogP contribution < -0.4 is 5.32 Å². The van der Waals surface area contributed by atoms with Gasteiger partial charge in [-0.3, -0.25) is 19.4 Å². The van der Waals surface area contributed by atoms with Crippen molar-refractivity contribution in [1.29, 1.82) is 0 Å². The zero-order valence-corrected chi connectivity index (χ0v) is 17.6. The molecule has 29 heavy (non-hydrogen) atoms. The van der Waals surface area contributed by atoms with E-state index in [0.717, 1.165) is 65.7 Å². The number of hydrogen-bond acceptors (Lipinski definition) is 5. The highest BCUT2D eigenvalue weighted by molar-refractivity contribution is 8.13. The maximum absolute atomic E-state index is 12.6. The number of carbonyl (C=O) groups excluding carboxylic acids is 2. The summed E-state index contributed by atoms with van der Waals surface area (Å²) in [6.45, 7) is 3.20. The largest absolute Gasteiger partial charge is 0.351 e. The minimum Gasteiger partial charge on any atom is -0.351 e. The molecule has 1 amide bonds. The number of nitrogens with one attached hydrogen (secondary N) is 2. The lowest BCUT2D eigenvalue weighted by molar-refractivity contribution is -0.109. The lowest BCUT2D eigenvalue weighted by Gasteiger charge is -2.04. The second kappa shape index (κ2) is 8.98. The van der Waals surface area contributed by atoms with Gasteiger partial charge in [-0.15, -0.1) is 0 Å². The van der Waals surface area contributed by atoms with Crippen LogP contribution in [0.5, 0.6) is 0 Å². The molecule has 0 radical (unpaired) electrons. The minimum atomic E-state index is -0.145. The molecule has 1 aliphatic rings. The first-order valence-electron chi connectivity index (χ1n) is 10.4. The third-order valence-electron chi connectivity index (χ3n) is 5.29. The number of carbonyl (C=O) groups is 2. The summed E-state index contributed by atoms with van der Waals surface area (Å²) in [4.78, 5) is 23.4. The Morgan fingerprint density at radius 2 is 2.03 bits per heavy atom.